The lowest BCUT2D eigenvalue weighted by Gasteiger charge is -2.33. The zero-order chi connectivity index (χ0) is 12.3. The zero-order valence-electron chi connectivity index (χ0n) is 10.1. The van der Waals surface area contributed by atoms with E-state index in [-0.39, 0.29) is 11.2 Å². The Morgan fingerprint density at radius 3 is 2.56 bits per heavy atom. The largest absolute Gasteiger partial charge is 0.330 e. The van der Waals surface area contributed by atoms with Gasteiger partial charge in [0.2, 0.25) is 0 Å². The Hall–Kier alpha value is -0.410. The highest BCUT2D eigenvalue weighted by atomic mass is 79.9. The molecule has 0 aliphatic rings. The number of benzene rings is 1. The van der Waals surface area contributed by atoms with Crippen molar-refractivity contribution in [2.45, 2.75) is 27.2 Å². The van der Waals surface area contributed by atoms with Gasteiger partial charge in [-0.2, -0.15) is 0 Å². The first-order valence-corrected chi connectivity index (χ1v) is 6.33. The van der Waals surface area contributed by atoms with Gasteiger partial charge in [-0.1, -0.05) is 32.9 Å². The maximum absolute atomic E-state index is 13.4. The van der Waals surface area contributed by atoms with Crippen LogP contribution in [0.1, 0.15) is 26.3 Å². The van der Waals surface area contributed by atoms with Crippen LogP contribution in [0.15, 0.2) is 22.7 Å². The van der Waals surface area contributed by atoms with E-state index in [2.05, 4.69) is 36.7 Å². The summed E-state index contributed by atoms with van der Waals surface area (Å²) in [7, 11) is 0. The first kappa shape index (κ1) is 13.7. The molecule has 1 unspecified atom stereocenters. The minimum atomic E-state index is -0.208. The van der Waals surface area contributed by atoms with Gasteiger partial charge in [0.1, 0.15) is 5.82 Å². The number of nitrogens with two attached hydrogens (primary N) is 1. The van der Waals surface area contributed by atoms with Crippen LogP contribution in [0.2, 0.25) is 0 Å². The second kappa shape index (κ2) is 5.28. The van der Waals surface area contributed by atoms with E-state index < -0.39 is 0 Å². The number of hydrogen-bond acceptors (Lipinski definition) is 1. The Morgan fingerprint density at radius 1 is 1.44 bits per heavy atom. The third kappa shape index (κ3) is 2.83. The molecule has 1 aromatic carbocycles. The van der Waals surface area contributed by atoms with Gasteiger partial charge in [-0.25, -0.2) is 4.39 Å². The van der Waals surface area contributed by atoms with Crippen LogP contribution in [0.4, 0.5) is 4.39 Å². The van der Waals surface area contributed by atoms with Crippen LogP contribution in [0.25, 0.3) is 0 Å². The second-order valence-electron chi connectivity index (χ2n) is 4.90. The average Bonchev–Trinajstić information content (AvgIpc) is 2.24. The van der Waals surface area contributed by atoms with E-state index in [1.807, 2.05) is 6.07 Å². The summed E-state index contributed by atoms with van der Waals surface area (Å²) >= 11 is 3.30. The summed E-state index contributed by atoms with van der Waals surface area (Å²) in [6.07, 6.45) is 0.791. The molecule has 0 spiro atoms. The minimum Gasteiger partial charge on any atom is -0.330 e. The van der Waals surface area contributed by atoms with Crippen molar-refractivity contribution in [1.82, 2.24) is 0 Å². The van der Waals surface area contributed by atoms with Crippen LogP contribution in [0.3, 0.4) is 0 Å². The topological polar surface area (TPSA) is 26.0 Å². The van der Waals surface area contributed by atoms with Crippen LogP contribution in [-0.2, 0) is 6.42 Å². The maximum atomic E-state index is 13.4. The lowest BCUT2D eigenvalue weighted by atomic mass is 9.74. The van der Waals surface area contributed by atoms with Crippen molar-refractivity contribution in [1.29, 1.82) is 0 Å². The number of hydrogen-bond donors (Lipinski definition) is 1. The maximum Gasteiger partial charge on any atom is 0.137 e. The van der Waals surface area contributed by atoms with Crippen molar-refractivity contribution in [3.05, 3.63) is 34.1 Å². The molecule has 1 aromatic rings. The molecule has 0 radical (unpaired) electrons. The Bertz CT molecular complexity index is 365. The molecule has 0 saturated heterocycles. The molecule has 0 bridgehead atoms. The highest BCUT2D eigenvalue weighted by molar-refractivity contribution is 9.10. The van der Waals surface area contributed by atoms with E-state index in [1.54, 1.807) is 6.07 Å². The van der Waals surface area contributed by atoms with Crippen molar-refractivity contribution in [2.75, 3.05) is 6.54 Å². The van der Waals surface area contributed by atoms with E-state index in [9.17, 15) is 4.39 Å². The minimum absolute atomic E-state index is 0.0102. The number of rotatable bonds is 4. The molecular weight excluding hydrogens is 269 g/mol. The summed E-state index contributed by atoms with van der Waals surface area (Å²) in [4.78, 5) is 0. The van der Waals surface area contributed by atoms with Gasteiger partial charge in [0.25, 0.3) is 0 Å². The van der Waals surface area contributed by atoms with E-state index in [4.69, 9.17) is 5.73 Å². The van der Waals surface area contributed by atoms with E-state index in [1.165, 1.54) is 6.07 Å². The molecule has 2 N–H and O–H groups in total. The molecule has 16 heavy (non-hydrogen) atoms. The molecule has 1 nitrogen and oxygen atoms in total. The van der Waals surface area contributed by atoms with Crippen molar-refractivity contribution in [2.24, 2.45) is 17.1 Å². The van der Waals surface area contributed by atoms with Crippen LogP contribution in [0.5, 0.6) is 0 Å². The lowest BCUT2D eigenvalue weighted by Crippen LogP contribution is -2.34. The van der Waals surface area contributed by atoms with Gasteiger partial charge in [0.05, 0.1) is 4.47 Å². The molecule has 0 aromatic heterocycles. The Balaban J connectivity index is 2.99. The molecule has 0 saturated carbocycles. The van der Waals surface area contributed by atoms with Crippen LogP contribution >= 0.6 is 15.9 Å². The van der Waals surface area contributed by atoms with Gasteiger partial charge in [-0.3, -0.25) is 0 Å². The smallest absolute Gasteiger partial charge is 0.137 e. The Morgan fingerprint density at radius 2 is 2.06 bits per heavy atom. The molecule has 0 fully saturated rings. The molecule has 1 rings (SSSR count). The summed E-state index contributed by atoms with van der Waals surface area (Å²) < 4.78 is 13.9. The Kier molecular flexibility index (Phi) is 4.51. The van der Waals surface area contributed by atoms with Crippen LogP contribution in [0, 0.1) is 17.2 Å². The average molecular weight is 288 g/mol. The molecule has 0 aliphatic carbocycles. The SMILES string of the molecule is CC(C)C(C)(CN)Cc1cccc(F)c1Br. The Labute approximate surface area is 105 Å². The fourth-order valence-electron chi connectivity index (χ4n) is 1.63. The molecule has 0 heterocycles. The molecular formula is C13H19BrFN. The fraction of sp³-hybridized carbons (Fsp3) is 0.538. The highest BCUT2D eigenvalue weighted by Gasteiger charge is 2.28. The second-order valence-corrected chi connectivity index (χ2v) is 5.70. The van der Waals surface area contributed by atoms with Crippen molar-refractivity contribution < 1.29 is 4.39 Å². The van der Waals surface area contributed by atoms with E-state index in [0.29, 0.717) is 16.9 Å². The predicted molar refractivity (Wildman–Crippen MR) is 69.8 cm³/mol. The molecule has 90 valence electrons. The monoisotopic (exact) mass is 287 g/mol. The van der Waals surface area contributed by atoms with Gasteiger partial charge in [0, 0.05) is 0 Å². The normalized spacial score (nSPS) is 15.2. The summed E-state index contributed by atoms with van der Waals surface area (Å²) in [6, 6.07) is 5.15. The van der Waals surface area contributed by atoms with E-state index >= 15 is 0 Å². The first-order valence-electron chi connectivity index (χ1n) is 5.53. The van der Waals surface area contributed by atoms with Gasteiger partial charge < -0.3 is 5.73 Å². The molecule has 3 heteroatoms. The molecule has 0 aliphatic heterocycles. The van der Waals surface area contributed by atoms with Gasteiger partial charge in [-0.05, 0) is 51.9 Å². The first-order chi connectivity index (χ1) is 7.40. The van der Waals surface area contributed by atoms with Crippen molar-refractivity contribution >= 4 is 15.9 Å². The highest BCUT2D eigenvalue weighted by Crippen LogP contribution is 2.33. The fourth-order valence-corrected chi connectivity index (χ4v) is 2.04. The number of halogens is 2. The summed E-state index contributed by atoms with van der Waals surface area (Å²) in [5.41, 5.74) is 6.83. The van der Waals surface area contributed by atoms with Crippen molar-refractivity contribution in [3.8, 4) is 0 Å². The molecule has 0 amide bonds. The summed E-state index contributed by atoms with van der Waals surface area (Å²) in [5.74, 6) is 0.258. The van der Waals surface area contributed by atoms with Gasteiger partial charge in [0.15, 0.2) is 0 Å². The van der Waals surface area contributed by atoms with Crippen LogP contribution < -0.4 is 5.73 Å². The quantitative estimate of drug-likeness (QED) is 0.897. The standard InChI is InChI=1S/C13H19BrFN/c1-9(2)13(3,8-16)7-10-5-4-6-11(15)12(10)14/h4-6,9H,7-8,16H2,1-3H3. The van der Waals surface area contributed by atoms with Gasteiger partial charge >= 0.3 is 0 Å². The van der Waals surface area contributed by atoms with E-state index in [0.717, 1.165) is 12.0 Å². The van der Waals surface area contributed by atoms with Gasteiger partial charge in [-0.15, -0.1) is 0 Å². The predicted octanol–water partition coefficient (Wildman–Crippen LogP) is 3.75. The lowest BCUT2D eigenvalue weighted by molar-refractivity contribution is 0.227. The summed E-state index contributed by atoms with van der Waals surface area (Å²) in [6.45, 7) is 7.06. The molecule has 1 atom stereocenters. The van der Waals surface area contributed by atoms with Crippen LogP contribution in [-0.4, -0.2) is 6.54 Å². The third-order valence-electron chi connectivity index (χ3n) is 3.49. The summed E-state index contributed by atoms with van der Waals surface area (Å²) in [5, 5.41) is 0. The third-order valence-corrected chi connectivity index (χ3v) is 4.37. The zero-order valence-corrected chi connectivity index (χ0v) is 11.6. The van der Waals surface area contributed by atoms with Crippen molar-refractivity contribution in [3.63, 3.8) is 0 Å².